The summed E-state index contributed by atoms with van der Waals surface area (Å²) >= 11 is 0. The molecule has 2 aliphatic rings. The molecule has 1 heterocycles. The number of anilines is 1. The van der Waals surface area contributed by atoms with E-state index in [-0.39, 0.29) is 18.4 Å². The van der Waals surface area contributed by atoms with Crippen molar-refractivity contribution in [2.75, 3.05) is 18.0 Å². The van der Waals surface area contributed by atoms with E-state index in [2.05, 4.69) is 29.2 Å². The Bertz CT molecular complexity index is 367. The third kappa shape index (κ3) is 3.18. The van der Waals surface area contributed by atoms with Crippen LogP contribution in [0.25, 0.3) is 0 Å². The van der Waals surface area contributed by atoms with E-state index in [0.717, 1.165) is 5.92 Å². The third-order valence-electron chi connectivity index (χ3n) is 4.08. The highest BCUT2D eigenvalue weighted by atomic mass is 35.5. The summed E-state index contributed by atoms with van der Waals surface area (Å²) < 4.78 is 0. The summed E-state index contributed by atoms with van der Waals surface area (Å²) in [4.78, 5) is 2.47. The van der Waals surface area contributed by atoms with Crippen molar-refractivity contribution < 1.29 is 0 Å². The van der Waals surface area contributed by atoms with Crippen LogP contribution in [-0.2, 0) is 0 Å². The molecule has 0 unspecified atom stereocenters. The molecule has 1 saturated carbocycles. The molecule has 2 nitrogen and oxygen atoms in total. The van der Waals surface area contributed by atoms with Gasteiger partial charge in [0.2, 0.25) is 0 Å². The Morgan fingerprint density at radius 2 is 1.72 bits per heavy atom. The molecule has 1 aromatic rings. The summed E-state index contributed by atoms with van der Waals surface area (Å²) in [6.07, 6.45) is 6.62. The van der Waals surface area contributed by atoms with Gasteiger partial charge in [-0.15, -0.1) is 12.4 Å². The molecule has 1 saturated heterocycles. The van der Waals surface area contributed by atoms with Gasteiger partial charge in [0.15, 0.2) is 0 Å². The van der Waals surface area contributed by atoms with Gasteiger partial charge in [-0.25, -0.2) is 0 Å². The van der Waals surface area contributed by atoms with E-state index in [1.54, 1.807) is 0 Å². The van der Waals surface area contributed by atoms with Crippen molar-refractivity contribution in [3.05, 3.63) is 29.8 Å². The predicted octanol–water partition coefficient (Wildman–Crippen LogP) is 3.51. The second-order valence-electron chi connectivity index (χ2n) is 5.57. The smallest absolute Gasteiger partial charge is 0.0366 e. The molecule has 0 radical (unpaired) electrons. The van der Waals surface area contributed by atoms with E-state index in [4.69, 9.17) is 5.73 Å². The van der Waals surface area contributed by atoms with Crippen LogP contribution in [0.15, 0.2) is 24.3 Å². The molecule has 100 valence electrons. The highest BCUT2D eigenvalue weighted by molar-refractivity contribution is 5.85. The standard InChI is InChI=1S/C15H22N2.ClH/c16-15(11-12-3-4-12)13-5-7-14(8-6-13)17-9-1-2-10-17;/h5-8,12,15H,1-4,9-11,16H2;1H/t15-;/m1./s1. The monoisotopic (exact) mass is 266 g/mol. The highest BCUT2D eigenvalue weighted by Crippen LogP contribution is 2.37. The van der Waals surface area contributed by atoms with E-state index < -0.39 is 0 Å². The van der Waals surface area contributed by atoms with E-state index in [9.17, 15) is 0 Å². The number of nitrogens with zero attached hydrogens (tertiary/aromatic N) is 1. The fourth-order valence-electron chi connectivity index (χ4n) is 2.76. The van der Waals surface area contributed by atoms with Crippen molar-refractivity contribution in [2.45, 2.75) is 38.1 Å². The minimum Gasteiger partial charge on any atom is -0.372 e. The van der Waals surface area contributed by atoms with Crippen molar-refractivity contribution in [2.24, 2.45) is 11.7 Å². The van der Waals surface area contributed by atoms with Gasteiger partial charge in [0.05, 0.1) is 0 Å². The zero-order valence-corrected chi connectivity index (χ0v) is 11.7. The Balaban J connectivity index is 0.00000120. The largest absolute Gasteiger partial charge is 0.372 e. The fraction of sp³-hybridized carbons (Fsp3) is 0.600. The van der Waals surface area contributed by atoms with Crippen molar-refractivity contribution >= 4 is 18.1 Å². The lowest BCUT2D eigenvalue weighted by atomic mass is 10.0. The number of rotatable bonds is 4. The van der Waals surface area contributed by atoms with Gasteiger partial charge in [0.25, 0.3) is 0 Å². The first-order valence-electron chi connectivity index (χ1n) is 6.93. The molecule has 1 aliphatic heterocycles. The maximum Gasteiger partial charge on any atom is 0.0366 e. The second kappa shape index (κ2) is 5.94. The Labute approximate surface area is 116 Å². The Morgan fingerprint density at radius 3 is 2.28 bits per heavy atom. The minimum absolute atomic E-state index is 0. The molecule has 0 bridgehead atoms. The van der Waals surface area contributed by atoms with Gasteiger partial charge in [-0.1, -0.05) is 25.0 Å². The van der Waals surface area contributed by atoms with Crippen molar-refractivity contribution in [1.82, 2.24) is 0 Å². The van der Waals surface area contributed by atoms with Gasteiger partial charge in [-0.2, -0.15) is 0 Å². The molecule has 0 aromatic heterocycles. The average molecular weight is 267 g/mol. The lowest BCUT2D eigenvalue weighted by Gasteiger charge is -2.19. The van der Waals surface area contributed by atoms with Gasteiger partial charge in [-0.05, 0) is 42.9 Å². The number of hydrogen-bond acceptors (Lipinski definition) is 2. The van der Waals surface area contributed by atoms with Crippen LogP contribution < -0.4 is 10.6 Å². The van der Waals surface area contributed by atoms with Gasteiger partial charge in [0.1, 0.15) is 0 Å². The molecule has 0 amide bonds. The lowest BCUT2D eigenvalue weighted by molar-refractivity contribution is 0.597. The van der Waals surface area contributed by atoms with Gasteiger partial charge in [0, 0.05) is 24.8 Å². The molecule has 18 heavy (non-hydrogen) atoms. The summed E-state index contributed by atoms with van der Waals surface area (Å²) in [6.45, 7) is 2.43. The number of halogens is 1. The predicted molar refractivity (Wildman–Crippen MR) is 79.4 cm³/mol. The first-order chi connectivity index (χ1) is 8.33. The summed E-state index contributed by atoms with van der Waals surface area (Å²) in [7, 11) is 0. The van der Waals surface area contributed by atoms with Crippen molar-refractivity contribution in [1.29, 1.82) is 0 Å². The van der Waals surface area contributed by atoms with Crippen LogP contribution in [0.5, 0.6) is 0 Å². The molecule has 3 rings (SSSR count). The SMILES string of the molecule is Cl.N[C@H](CC1CC1)c1ccc(N2CCCC2)cc1. The van der Waals surface area contributed by atoms with E-state index in [0.29, 0.717) is 0 Å². The Kier molecular flexibility index (Phi) is 4.52. The zero-order chi connectivity index (χ0) is 11.7. The summed E-state index contributed by atoms with van der Waals surface area (Å²) in [5.74, 6) is 0.906. The zero-order valence-electron chi connectivity index (χ0n) is 10.8. The van der Waals surface area contributed by atoms with Crippen LogP contribution in [0.2, 0.25) is 0 Å². The molecular formula is C15H23ClN2. The van der Waals surface area contributed by atoms with Crippen molar-refractivity contribution in [3.8, 4) is 0 Å². The Hall–Kier alpha value is -0.730. The molecule has 0 spiro atoms. The van der Waals surface area contributed by atoms with Crippen LogP contribution >= 0.6 is 12.4 Å². The second-order valence-corrected chi connectivity index (χ2v) is 5.57. The fourth-order valence-corrected chi connectivity index (χ4v) is 2.76. The Morgan fingerprint density at radius 1 is 1.11 bits per heavy atom. The molecule has 1 aliphatic carbocycles. The van der Waals surface area contributed by atoms with E-state index in [1.165, 1.54) is 56.4 Å². The summed E-state index contributed by atoms with van der Waals surface area (Å²) in [5, 5.41) is 0. The molecule has 3 heteroatoms. The maximum absolute atomic E-state index is 6.23. The van der Waals surface area contributed by atoms with Crippen LogP contribution in [0, 0.1) is 5.92 Å². The van der Waals surface area contributed by atoms with Gasteiger partial charge >= 0.3 is 0 Å². The average Bonchev–Trinajstić information content (AvgIpc) is 3.00. The quantitative estimate of drug-likeness (QED) is 0.904. The first-order valence-corrected chi connectivity index (χ1v) is 6.93. The highest BCUT2D eigenvalue weighted by Gasteiger charge is 2.24. The molecule has 2 fully saturated rings. The summed E-state index contributed by atoms with van der Waals surface area (Å²) in [5.41, 5.74) is 8.90. The van der Waals surface area contributed by atoms with Crippen LogP contribution in [0.1, 0.15) is 43.7 Å². The molecular weight excluding hydrogens is 244 g/mol. The topological polar surface area (TPSA) is 29.3 Å². The number of nitrogens with two attached hydrogens (primary N) is 1. The van der Waals surface area contributed by atoms with Crippen LogP contribution in [-0.4, -0.2) is 13.1 Å². The third-order valence-corrected chi connectivity index (χ3v) is 4.08. The maximum atomic E-state index is 6.23. The normalized spacial score (nSPS) is 20.6. The van der Waals surface area contributed by atoms with E-state index in [1.807, 2.05) is 0 Å². The van der Waals surface area contributed by atoms with E-state index >= 15 is 0 Å². The minimum atomic E-state index is 0. The number of hydrogen-bond donors (Lipinski definition) is 1. The lowest BCUT2D eigenvalue weighted by Crippen LogP contribution is -2.17. The van der Waals surface area contributed by atoms with Crippen LogP contribution in [0.4, 0.5) is 5.69 Å². The molecule has 1 atom stereocenters. The molecule has 2 N–H and O–H groups in total. The van der Waals surface area contributed by atoms with Gasteiger partial charge in [-0.3, -0.25) is 0 Å². The van der Waals surface area contributed by atoms with Crippen molar-refractivity contribution in [3.63, 3.8) is 0 Å². The first kappa shape index (κ1) is 13.7. The van der Waals surface area contributed by atoms with Gasteiger partial charge < -0.3 is 10.6 Å². The number of benzene rings is 1. The summed E-state index contributed by atoms with van der Waals surface area (Å²) in [6, 6.07) is 9.18. The van der Waals surface area contributed by atoms with Crippen LogP contribution in [0.3, 0.4) is 0 Å². The molecule has 1 aromatic carbocycles.